The Morgan fingerprint density at radius 1 is 1.20 bits per heavy atom. The zero-order valence-corrected chi connectivity index (χ0v) is 16.3. The Kier molecular flexibility index (Phi) is 5.44. The van der Waals surface area contributed by atoms with Crippen LogP contribution in [0.2, 0.25) is 0 Å². The molecule has 1 saturated heterocycles. The van der Waals surface area contributed by atoms with Crippen LogP contribution < -0.4 is 10.2 Å². The molecule has 1 N–H and O–H groups in total. The maximum absolute atomic E-state index is 12.3. The number of nitro groups is 1. The number of ether oxygens (including phenoxy) is 2. The topological polar surface area (TPSA) is 107 Å². The van der Waals surface area contributed by atoms with E-state index in [-0.39, 0.29) is 16.9 Å². The molecule has 1 fully saturated rings. The van der Waals surface area contributed by atoms with Crippen molar-refractivity contribution in [1.82, 2.24) is 4.98 Å². The van der Waals surface area contributed by atoms with Gasteiger partial charge in [-0.25, -0.2) is 9.78 Å². The molecule has 0 spiro atoms. The maximum atomic E-state index is 12.3. The van der Waals surface area contributed by atoms with E-state index in [0.717, 1.165) is 10.8 Å². The number of nitrogens with one attached hydrogen (secondary N) is 1. The zero-order valence-electron chi connectivity index (χ0n) is 16.3. The third kappa shape index (κ3) is 3.87. The van der Waals surface area contributed by atoms with Gasteiger partial charge in [-0.2, -0.15) is 0 Å². The Balaban J connectivity index is 1.82. The van der Waals surface area contributed by atoms with Crippen LogP contribution in [-0.2, 0) is 9.47 Å². The van der Waals surface area contributed by atoms with Crippen LogP contribution in [0.4, 0.5) is 22.9 Å². The summed E-state index contributed by atoms with van der Waals surface area (Å²) < 4.78 is 10.2. The van der Waals surface area contributed by atoms with Crippen LogP contribution in [-0.4, -0.2) is 49.3 Å². The van der Waals surface area contributed by atoms with Crippen molar-refractivity contribution in [3.63, 3.8) is 0 Å². The summed E-state index contributed by atoms with van der Waals surface area (Å²) in [4.78, 5) is 30.0. The highest BCUT2D eigenvalue weighted by Gasteiger charge is 2.28. The molecule has 4 rings (SSSR count). The number of carbonyl (C=O) groups excluding carboxylic acids is 1. The van der Waals surface area contributed by atoms with Gasteiger partial charge in [-0.05, 0) is 23.6 Å². The number of methoxy groups -OCH3 is 1. The van der Waals surface area contributed by atoms with Gasteiger partial charge in [0.15, 0.2) is 0 Å². The minimum atomic E-state index is -0.772. The number of hydrogen-bond donors (Lipinski definition) is 1. The number of aromatic nitrogens is 1. The number of fused-ring (bicyclic) bond motifs is 1. The lowest BCUT2D eigenvalue weighted by atomic mass is 10.1. The van der Waals surface area contributed by atoms with Gasteiger partial charge in [-0.15, -0.1) is 0 Å². The van der Waals surface area contributed by atoms with Crippen molar-refractivity contribution in [2.24, 2.45) is 0 Å². The SMILES string of the molecule is COC(=O)c1cc(N2CCOCC2)cc(Nc2cc3ccccc3cn2)c1[N+](=O)[O-]. The highest BCUT2D eigenvalue weighted by atomic mass is 16.6. The Labute approximate surface area is 172 Å². The molecule has 0 aliphatic carbocycles. The number of pyridine rings is 1. The summed E-state index contributed by atoms with van der Waals surface area (Å²) in [6, 6.07) is 12.6. The molecule has 154 valence electrons. The molecule has 0 atom stereocenters. The molecule has 30 heavy (non-hydrogen) atoms. The minimum Gasteiger partial charge on any atom is -0.465 e. The van der Waals surface area contributed by atoms with E-state index >= 15 is 0 Å². The number of nitro benzene ring substituents is 1. The predicted molar refractivity (Wildman–Crippen MR) is 112 cm³/mol. The van der Waals surface area contributed by atoms with Crippen molar-refractivity contribution >= 4 is 39.6 Å². The molecule has 1 aliphatic heterocycles. The first-order valence-electron chi connectivity index (χ1n) is 9.42. The first-order chi connectivity index (χ1) is 14.6. The van der Waals surface area contributed by atoms with Gasteiger partial charge in [0, 0.05) is 30.4 Å². The number of carbonyl (C=O) groups is 1. The monoisotopic (exact) mass is 408 g/mol. The molecule has 0 radical (unpaired) electrons. The first-order valence-corrected chi connectivity index (χ1v) is 9.42. The van der Waals surface area contributed by atoms with E-state index in [9.17, 15) is 14.9 Å². The number of benzene rings is 2. The lowest BCUT2D eigenvalue weighted by molar-refractivity contribution is -0.384. The van der Waals surface area contributed by atoms with Crippen LogP contribution >= 0.6 is 0 Å². The Morgan fingerprint density at radius 2 is 1.93 bits per heavy atom. The third-order valence-electron chi connectivity index (χ3n) is 4.95. The van der Waals surface area contributed by atoms with Crippen molar-refractivity contribution < 1.29 is 19.2 Å². The number of hydrogen-bond acceptors (Lipinski definition) is 8. The molecule has 0 saturated carbocycles. The summed E-state index contributed by atoms with van der Waals surface area (Å²) in [5.74, 6) is -0.335. The molecule has 3 aromatic rings. The molecule has 0 bridgehead atoms. The molecule has 1 aliphatic rings. The van der Waals surface area contributed by atoms with Crippen LogP contribution in [0.25, 0.3) is 10.8 Å². The van der Waals surface area contributed by atoms with Gasteiger partial charge < -0.3 is 19.7 Å². The summed E-state index contributed by atoms with van der Waals surface area (Å²) in [5, 5.41) is 16.8. The highest BCUT2D eigenvalue weighted by molar-refractivity contribution is 5.99. The summed E-state index contributed by atoms with van der Waals surface area (Å²) in [7, 11) is 1.20. The molecule has 0 unspecified atom stereocenters. The summed E-state index contributed by atoms with van der Waals surface area (Å²) in [6.07, 6.45) is 1.69. The molecule has 0 amide bonds. The van der Waals surface area contributed by atoms with Crippen molar-refractivity contribution in [3.8, 4) is 0 Å². The average Bonchev–Trinajstić information content (AvgIpc) is 2.78. The van der Waals surface area contributed by atoms with Crippen LogP contribution in [0.3, 0.4) is 0 Å². The Bertz CT molecular complexity index is 1110. The molecular weight excluding hydrogens is 388 g/mol. The standard InChI is InChI=1S/C21H20N4O5/c1-29-21(26)17-11-16(24-6-8-30-9-7-24)12-18(20(17)25(27)28)23-19-10-14-4-2-3-5-15(14)13-22-19/h2-5,10-13H,6-9H2,1H3,(H,22,23). The number of rotatable bonds is 5. The van der Waals surface area contributed by atoms with Gasteiger partial charge in [-0.3, -0.25) is 10.1 Å². The van der Waals surface area contributed by atoms with E-state index in [2.05, 4.69) is 10.3 Å². The quantitative estimate of drug-likeness (QED) is 0.388. The van der Waals surface area contributed by atoms with Crippen LogP contribution in [0.5, 0.6) is 0 Å². The fraction of sp³-hybridized carbons (Fsp3) is 0.238. The van der Waals surface area contributed by atoms with Crippen molar-refractivity contribution in [3.05, 3.63) is 64.3 Å². The molecule has 1 aromatic heterocycles. The number of morpholine rings is 1. The second kappa shape index (κ2) is 8.34. The van der Waals surface area contributed by atoms with Crippen LogP contribution in [0.15, 0.2) is 48.7 Å². The van der Waals surface area contributed by atoms with E-state index in [0.29, 0.717) is 37.8 Å². The smallest absolute Gasteiger partial charge is 0.345 e. The molecule has 9 nitrogen and oxygen atoms in total. The van der Waals surface area contributed by atoms with Gasteiger partial charge in [0.2, 0.25) is 0 Å². The van der Waals surface area contributed by atoms with Gasteiger partial charge >= 0.3 is 11.7 Å². The fourth-order valence-corrected chi connectivity index (χ4v) is 3.47. The number of nitrogens with zero attached hydrogens (tertiary/aromatic N) is 3. The molecule has 9 heteroatoms. The van der Waals surface area contributed by atoms with Crippen molar-refractivity contribution in [1.29, 1.82) is 0 Å². The third-order valence-corrected chi connectivity index (χ3v) is 4.95. The van der Waals surface area contributed by atoms with Gasteiger partial charge in [0.05, 0.1) is 25.2 Å². The van der Waals surface area contributed by atoms with Crippen molar-refractivity contribution in [2.75, 3.05) is 43.6 Å². The van der Waals surface area contributed by atoms with E-state index in [4.69, 9.17) is 9.47 Å². The van der Waals surface area contributed by atoms with Crippen LogP contribution in [0, 0.1) is 10.1 Å². The normalized spacial score (nSPS) is 13.8. The predicted octanol–water partition coefficient (Wildman–Crippen LogP) is 3.51. The summed E-state index contributed by atoms with van der Waals surface area (Å²) >= 11 is 0. The first kappa shape index (κ1) is 19.6. The second-order valence-corrected chi connectivity index (χ2v) is 6.78. The van der Waals surface area contributed by atoms with E-state index < -0.39 is 10.9 Å². The Hall–Kier alpha value is -3.72. The zero-order chi connectivity index (χ0) is 21.1. The number of esters is 1. The molecular formula is C21H20N4O5. The lowest BCUT2D eigenvalue weighted by Gasteiger charge is -2.29. The number of anilines is 3. The Morgan fingerprint density at radius 3 is 2.63 bits per heavy atom. The highest BCUT2D eigenvalue weighted by Crippen LogP contribution is 2.36. The van der Waals surface area contributed by atoms with Gasteiger partial charge in [0.25, 0.3) is 0 Å². The van der Waals surface area contributed by atoms with E-state index in [1.807, 2.05) is 29.2 Å². The second-order valence-electron chi connectivity index (χ2n) is 6.78. The fourth-order valence-electron chi connectivity index (χ4n) is 3.47. The maximum Gasteiger partial charge on any atom is 0.345 e. The van der Waals surface area contributed by atoms with E-state index in [1.165, 1.54) is 13.2 Å². The summed E-state index contributed by atoms with van der Waals surface area (Å²) in [6.45, 7) is 2.32. The summed E-state index contributed by atoms with van der Waals surface area (Å²) in [5.41, 5.74) is 0.378. The lowest BCUT2D eigenvalue weighted by Crippen LogP contribution is -2.36. The molecule has 2 aromatic carbocycles. The molecule has 2 heterocycles. The average molecular weight is 408 g/mol. The van der Waals surface area contributed by atoms with Gasteiger partial charge in [-0.1, -0.05) is 24.3 Å². The minimum absolute atomic E-state index is 0.116. The van der Waals surface area contributed by atoms with Crippen LogP contribution in [0.1, 0.15) is 10.4 Å². The largest absolute Gasteiger partial charge is 0.465 e. The van der Waals surface area contributed by atoms with E-state index in [1.54, 1.807) is 18.3 Å². The van der Waals surface area contributed by atoms with Crippen molar-refractivity contribution in [2.45, 2.75) is 0 Å². The van der Waals surface area contributed by atoms with Gasteiger partial charge in [0.1, 0.15) is 17.1 Å².